The number of carbonyl (C=O) groups excluding carboxylic acids is 1. The average molecular weight is 368 g/mol. The third-order valence-electron chi connectivity index (χ3n) is 4.05. The third kappa shape index (κ3) is 5.37. The molecule has 1 unspecified atom stereocenters. The molecule has 0 bridgehead atoms. The molecule has 0 aliphatic carbocycles. The minimum atomic E-state index is -0.293. The molecule has 2 aromatic heterocycles. The van der Waals surface area contributed by atoms with Gasteiger partial charge in [0, 0.05) is 24.6 Å². The monoisotopic (exact) mass is 368 g/mol. The number of hydrogen-bond donors (Lipinski definition) is 2. The van der Waals surface area contributed by atoms with E-state index in [1.54, 1.807) is 17.1 Å². The quantitative estimate of drug-likeness (QED) is 0.558. The topological polar surface area (TPSA) is 81.3 Å². The van der Waals surface area contributed by atoms with E-state index < -0.39 is 0 Å². The van der Waals surface area contributed by atoms with Crippen LogP contribution < -0.4 is 15.4 Å². The van der Waals surface area contributed by atoms with Gasteiger partial charge in [0.25, 0.3) is 0 Å². The third-order valence-corrected chi connectivity index (χ3v) is 4.05. The first-order valence-corrected chi connectivity index (χ1v) is 9.06. The lowest BCUT2D eigenvalue weighted by Gasteiger charge is -2.16. The molecule has 27 heavy (non-hydrogen) atoms. The highest BCUT2D eigenvalue weighted by atomic mass is 16.5. The Morgan fingerprint density at radius 3 is 2.78 bits per heavy atom. The number of benzene rings is 1. The van der Waals surface area contributed by atoms with E-state index in [2.05, 4.69) is 22.7 Å². The number of nitrogens with one attached hydrogen (secondary N) is 2. The maximum atomic E-state index is 12.2. The van der Waals surface area contributed by atoms with E-state index in [9.17, 15) is 4.79 Å². The first-order chi connectivity index (χ1) is 13.3. The Balaban J connectivity index is 1.52. The summed E-state index contributed by atoms with van der Waals surface area (Å²) in [7, 11) is 0. The molecule has 1 aromatic carbocycles. The number of hydrogen-bond acceptors (Lipinski definition) is 4. The Morgan fingerprint density at radius 2 is 2.11 bits per heavy atom. The second kappa shape index (κ2) is 9.47. The molecule has 3 aromatic rings. The predicted molar refractivity (Wildman–Crippen MR) is 103 cm³/mol. The van der Waals surface area contributed by atoms with Gasteiger partial charge in [-0.3, -0.25) is 4.68 Å². The molecular formula is C20H24N4O3. The summed E-state index contributed by atoms with van der Waals surface area (Å²) in [6.07, 6.45) is 7.26. The Kier molecular flexibility index (Phi) is 6.51. The number of aromatic nitrogens is 2. The van der Waals surface area contributed by atoms with E-state index in [1.165, 1.54) is 0 Å². The van der Waals surface area contributed by atoms with Crippen molar-refractivity contribution in [3.8, 4) is 5.75 Å². The van der Waals surface area contributed by atoms with Gasteiger partial charge < -0.3 is 19.8 Å². The zero-order valence-electron chi connectivity index (χ0n) is 15.3. The average Bonchev–Trinajstić information content (AvgIpc) is 3.38. The summed E-state index contributed by atoms with van der Waals surface area (Å²) >= 11 is 0. The van der Waals surface area contributed by atoms with E-state index >= 15 is 0 Å². The first-order valence-electron chi connectivity index (χ1n) is 9.06. The van der Waals surface area contributed by atoms with Gasteiger partial charge >= 0.3 is 6.03 Å². The molecule has 0 spiro atoms. The van der Waals surface area contributed by atoms with Crippen LogP contribution in [0.25, 0.3) is 0 Å². The van der Waals surface area contributed by atoms with Crippen molar-refractivity contribution in [3.05, 3.63) is 66.9 Å². The Morgan fingerprint density at radius 1 is 1.26 bits per heavy atom. The number of ether oxygens (including phenoxy) is 1. The molecule has 7 heteroatoms. The number of rotatable bonds is 9. The normalized spacial score (nSPS) is 11.7. The minimum absolute atomic E-state index is 0.213. The number of carbonyl (C=O) groups is 1. The number of urea groups is 1. The van der Waals surface area contributed by atoms with Gasteiger partial charge in [0.2, 0.25) is 0 Å². The van der Waals surface area contributed by atoms with E-state index in [0.717, 1.165) is 24.4 Å². The van der Waals surface area contributed by atoms with Gasteiger partial charge in [-0.2, -0.15) is 5.10 Å². The van der Waals surface area contributed by atoms with E-state index in [4.69, 9.17) is 9.15 Å². The second-order valence-corrected chi connectivity index (χ2v) is 6.08. The van der Waals surface area contributed by atoms with Gasteiger partial charge in [0.05, 0.1) is 12.9 Å². The summed E-state index contributed by atoms with van der Waals surface area (Å²) in [6.45, 7) is 3.17. The molecule has 2 N–H and O–H groups in total. The lowest BCUT2D eigenvalue weighted by Crippen LogP contribution is -2.34. The molecule has 2 amide bonds. The lowest BCUT2D eigenvalue weighted by molar-refractivity contribution is 0.250. The van der Waals surface area contributed by atoms with Crippen LogP contribution in [0.1, 0.15) is 31.6 Å². The van der Waals surface area contributed by atoms with Gasteiger partial charge in [-0.15, -0.1) is 0 Å². The molecule has 0 fully saturated rings. The molecule has 0 saturated heterocycles. The second-order valence-electron chi connectivity index (χ2n) is 6.08. The fourth-order valence-corrected chi connectivity index (χ4v) is 2.60. The van der Waals surface area contributed by atoms with Crippen LogP contribution in [0.15, 0.2) is 65.5 Å². The molecule has 3 rings (SSSR count). The van der Waals surface area contributed by atoms with Crippen molar-refractivity contribution in [2.24, 2.45) is 0 Å². The van der Waals surface area contributed by atoms with Gasteiger partial charge in [-0.25, -0.2) is 4.79 Å². The highest BCUT2D eigenvalue weighted by Crippen LogP contribution is 2.18. The van der Waals surface area contributed by atoms with Gasteiger partial charge in [0.1, 0.15) is 17.6 Å². The zero-order valence-corrected chi connectivity index (χ0v) is 15.3. The first kappa shape index (κ1) is 18.6. The summed E-state index contributed by atoms with van der Waals surface area (Å²) in [5.41, 5.74) is 0.698. The molecule has 2 heterocycles. The summed E-state index contributed by atoms with van der Waals surface area (Å²) in [4.78, 5) is 12.2. The van der Waals surface area contributed by atoms with Crippen molar-refractivity contribution >= 4 is 11.7 Å². The van der Waals surface area contributed by atoms with Crippen LogP contribution in [0.2, 0.25) is 0 Å². The highest BCUT2D eigenvalue weighted by molar-refractivity contribution is 5.89. The number of furan rings is 1. The van der Waals surface area contributed by atoms with Crippen LogP contribution in [0.5, 0.6) is 5.75 Å². The van der Waals surface area contributed by atoms with Crippen molar-refractivity contribution in [1.29, 1.82) is 0 Å². The SMILES string of the molecule is CCCCOc1ccc(NC(=O)NCC(c2ccco2)n2cccn2)cc1. The number of unbranched alkanes of at least 4 members (excludes halogenated alkanes) is 1. The molecule has 0 aliphatic heterocycles. The van der Waals surface area contributed by atoms with Gasteiger partial charge in [-0.05, 0) is 48.9 Å². The van der Waals surface area contributed by atoms with Gasteiger partial charge in [0.15, 0.2) is 0 Å². The zero-order chi connectivity index (χ0) is 18.9. The van der Waals surface area contributed by atoms with Crippen LogP contribution in [-0.2, 0) is 0 Å². The van der Waals surface area contributed by atoms with Crippen LogP contribution in [0.3, 0.4) is 0 Å². The molecule has 0 radical (unpaired) electrons. The number of anilines is 1. The summed E-state index contributed by atoms with van der Waals surface area (Å²) in [5, 5.41) is 9.92. The van der Waals surface area contributed by atoms with Crippen molar-refractivity contribution in [2.45, 2.75) is 25.8 Å². The molecule has 7 nitrogen and oxygen atoms in total. The molecule has 0 aliphatic rings. The molecular weight excluding hydrogens is 344 g/mol. The van der Waals surface area contributed by atoms with Crippen molar-refractivity contribution in [3.63, 3.8) is 0 Å². The fourth-order valence-electron chi connectivity index (χ4n) is 2.60. The van der Waals surface area contributed by atoms with E-state index in [-0.39, 0.29) is 12.1 Å². The smallest absolute Gasteiger partial charge is 0.319 e. The maximum Gasteiger partial charge on any atom is 0.319 e. The molecule has 0 saturated carbocycles. The highest BCUT2D eigenvalue weighted by Gasteiger charge is 2.18. The van der Waals surface area contributed by atoms with Crippen molar-refractivity contribution < 1.29 is 13.9 Å². The summed E-state index contributed by atoms with van der Waals surface area (Å²) < 4.78 is 12.8. The van der Waals surface area contributed by atoms with E-state index in [1.807, 2.05) is 48.7 Å². The number of nitrogens with zero attached hydrogens (tertiary/aromatic N) is 2. The lowest BCUT2D eigenvalue weighted by atomic mass is 10.2. The Hall–Kier alpha value is -3.22. The Bertz CT molecular complexity index is 764. The predicted octanol–water partition coefficient (Wildman–Crippen LogP) is 4.07. The van der Waals surface area contributed by atoms with Gasteiger partial charge in [-0.1, -0.05) is 13.3 Å². The van der Waals surface area contributed by atoms with Crippen LogP contribution in [0, 0.1) is 0 Å². The minimum Gasteiger partial charge on any atom is -0.494 e. The maximum absolute atomic E-state index is 12.2. The van der Waals surface area contributed by atoms with E-state index in [0.29, 0.717) is 18.8 Å². The summed E-state index contributed by atoms with van der Waals surface area (Å²) in [5.74, 6) is 1.53. The van der Waals surface area contributed by atoms with Crippen molar-refractivity contribution in [2.75, 3.05) is 18.5 Å². The molecule has 1 atom stereocenters. The van der Waals surface area contributed by atoms with Crippen LogP contribution >= 0.6 is 0 Å². The largest absolute Gasteiger partial charge is 0.494 e. The summed E-state index contributed by atoms with van der Waals surface area (Å²) in [6, 6.07) is 12.3. The molecule has 142 valence electrons. The Labute approximate surface area is 158 Å². The van der Waals surface area contributed by atoms with Crippen LogP contribution in [0.4, 0.5) is 10.5 Å². The standard InChI is InChI=1S/C20H24N4O3/c1-2-3-13-26-17-9-7-16(8-10-17)23-20(25)21-15-18(19-6-4-14-27-19)24-12-5-11-22-24/h4-12,14,18H,2-3,13,15H2,1H3,(H2,21,23,25). The number of amides is 2. The van der Waals surface area contributed by atoms with Crippen LogP contribution in [-0.4, -0.2) is 29.0 Å². The fraction of sp³-hybridized carbons (Fsp3) is 0.300. The van der Waals surface area contributed by atoms with Crippen molar-refractivity contribution in [1.82, 2.24) is 15.1 Å².